The average Bonchev–Trinajstić information content (AvgIpc) is 2.62. The molecule has 2 heteroatoms. The molecule has 0 aliphatic heterocycles. The molecule has 3 aliphatic carbocycles. The zero-order chi connectivity index (χ0) is 16.8. The van der Waals surface area contributed by atoms with Crippen LogP contribution in [0.5, 0.6) is 0 Å². The Kier molecular flexibility index (Phi) is 7.46. The van der Waals surface area contributed by atoms with Gasteiger partial charge in [-0.25, -0.2) is 0 Å². The average molecular weight is 335 g/mol. The highest BCUT2D eigenvalue weighted by molar-refractivity contribution is 4.81. The fraction of sp³-hybridized carbons (Fsp3) is 1.00. The van der Waals surface area contributed by atoms with Gasteiger partial charge in [0.15, 0.2) is 0 Å². The molecule has 0 aromatic carbocycles. The van der Waals surface area contributed by atoms with Crippen LogP contribution in [0.3, 0.4) is 0 Å². The largest absolute Gasteiger partial charge is 0.314 e. The lowest BCUT2D eigenvalue weighted by Gasteiger charge is -2.33. The number of hydrogen-bond donors (Lipinski definition) is 2. The molecule has 0 radical (unpaired) electrons. The molecule has 0 unspecified atom stereocenters. The summed E-state index contributed by atoms with van der Waals surface area (Å²) in [7, 11) is 0. The van der Waals surface area contributed by atoms with Crippen LogP contribution in [0.1, 0.15) is 90.9 Å². The third-order valence-corrected chi connectivity index (χ3v) is 7.39. The standard InChI is InChI=1S/C22H42N2/c1-17-3-11-21(12-4-17)23-15-19-7-9-20(10-8-19)16-24-22-13-5-18(2)6-14-22/h17-24H,3-16H2,1-2H3. The first-order valence-corrected chi connectivity index (χ1v) is 11.2. The minimum absolute atomic E-state index is 0.828. The van der Waals surface area contributed by atoms with E-state index < -0.39 is 0 Å². The Labute approximate surface area is 150 Å². The van der Waals surface area contributed by atoms with Crippen molar-refractivity contribution in [3.05, 3.63) is 0 Å². The van der Waals surface area contributed by atoms with Gasteiger partial charge in [0.1, 0.15) is 0 Å². The number of hydrogen-bond acceptors (Lipinski definition) is 2. The molecule has 3 saturated carbocycles. The molecule has 0 saturated heterocycles. The maximum Gasteiger partial charge on any atom is 0.00673 e. The van der Waals surface area contributed by atoms with Crippen LogP contribution in [0.2, 0.25) is 0 Å². The fourth-order valence-corrected chi connectivity index (χ4v) is 5.23. The smallest absolute Gasteiger partial charge is 0.00673 e. The first-order valence-electron chi connectivity index (χ1n) is 11.2. The number of nitrogens with one attached hydrogen (secondary N) is 2. The summed E-state index contributed by atoms with van der Waals surface area (Å²) in [4.78, 5) is 0. The summed E-state index contributed by atoms with van der Waals surface area (Å²) in [5.74, 6) is 3.85. The van der Waals surface area contributed by atoms with E-state index in [-0.39, 0.29) is 0 Å². The van der Waals surface area contributed by atoms with Gasteiger partial charge in [0.05, 0.1) is 0 Å². The maximum atomic E-state index is 3.90. The molecule has 0 heterocycles. The van der Waals surface area contributed by atoms with Gasteiger partial charge in [0, 0.05) is 12.1 Å². The van der Waals surface area contributed by atoms with Gasteiger partial charge < -0.3 is 10.6 Å². The Morgan fingerprint density at radius 1 is 0.500 bits per heavy atom. The highest BCUT2D eigenvalue weighted by Crippen LogP contribution is 2.30. The van der Waals surface area contributed by atoms with Crippen molar-refractivity contribution in [2.24, 2.45) is 23.7 Å². The zero-order valence-corrected chi connectivity index (χ0v) is 16.4. The Morgan fingerprint density at radius 2 is 0.833 bits per heavy atom. The van der Waals surface area contributed by atoms with Gasteiger partial charge in [-0.2, -0.15) is 0 Å². The quantitative estimate of drug-likeness (QED) is 0.703. The zero-order valence-electron chi connectivity index (χ0n) is 16.4. The summed E-state index contributed by atoms with van der Waals surface area (Å²) >= 11 is 0. The van der Waals surface area contributed by atoms with Gasteiger partial charge in [0.25, 0.3) is 0 Å². The normalized spacial score (nSPS) is 41.2. The van der Waals surface area contributed by atoms with E-state index in [1.165, 1.54) is 90.1 Å². The van der Waals surface area contributed by atoms with Crippen molar-refractivity contribution < 1.29 is 0 Å². The molecule has 0 bridgehead atoms. The van der Waals surface area contributed by atoms with E-state index in [2.05, 4.69) is 24.5 Å². The SMILES string of the molecule is CC1CCC(NCC2CCC(CNC3CCC(C)CC3)CC2)CC1. The molecule has 0 aromatic rings. The van der Waals surface area contributed by atoms with Crippen molar-refractivity contribution in [1.82, 2.24) is 10.6 Å². The maximum absolute atomic E-state index is 3.90. The van der Waals surface area contributed by atoms with Crippen molar-refractivity contribution in [3.8, 4) is 0 Å². The predicted molar refractivity (Wildman–Crippen MR) is 104 cm³/mol. The summed E-state index contributed by atoms with van der Waals surface area (Å²) < 4.78 is 0. The van der Waals surface area contributed by atoms with Crippen LogP contribution in [0.25, 0.3) is 0 Å². The lowest BCUT2D eigenvalue weighted by Crippen LogP contribution is -2.39. The molecule has 0 atom stereocenters. The minimum atomic E-state index is 0.828. The molecule has 3 fully saturated rings. The first kappa shape index (κ1) is 18.7. The molecular weight excluding hydrogens is 292 g/mol. The second-order valence-electron chi connectivity index (χ2n) is 9.62. The van der Waals surface area contributed by atoms with E-state index in [0.717, 1.165) is 35.8 Å². The van der Waals surface area contributed by atoms with Crippen LogP contribution in [-0.4, -0.2) is 25.2 Å². The summed E-state index contributed by atoms with van der Waals surface area (Å²) in [6, 6.07) is 1.66. The summed E-state index contributed by atoms with van der Waals surface area (Å²) in [5.41, 5.74) is 0. The second kappa shape index (κ2) is 9.57. The lowest BCUT2D eigenvalue weighted by atomic mass is 9.81. The van der Waals surface area contributed by atoms with E-state index in [9.17, 15) is 0 Å². The van der Waals surface area contributed by atoms with Crippen molar-refractivity contribution in [2.45, 2.75) is 103 Å². The highest BCUT2D eigenvalue weighted by Gasteiger charge is 2.24. The van der Waals surface area contributed by atoms with Crippen LogP contribution < -0.4 is 10.6 Å². The van der Waals surface area contributed by atoms with Crippen LogP contribution >= 0.6 is 0 Å². The molecule has 0 spiro atoms. The van der Waals surface area contributed by atoms with Gasteiger partial charge in [-0.1, -0.05) is 13.8 Å². The molecule has 2 N–H and O–H groups in total. The van der Waals surface area contributed by atoms with Gasteiger partial charge in [0.2, 0.25) is 0 Å². The molecule has 140 valence electrons. The summed E-state index contributed by atoms with van der Waals surface area (Å²) in [5, 5.41) is 7.80. The highest BCUT2D eigenvalue weighted by atomic mass is 14.9. The van der Waals surface area contributed by atoms with E-state index in [1.54, 1.807) is 0 Å². The van der Waals surface area contributed by atoms with Gasteiger partial charge in [-0.15, -0.1) is 0 Å². The van der Waals surface area contributed by atoms with Gasteiger partial charge in [-0.3, -0.25) is 0 Å². The predicted octanol–water partition coefficient (Wildman–Crippen LogP) is 5.13. The van der Waals surface area contributed by atoms with E-state index in [4.69, 9.17) is 0 Å². The minimum Gasteiger partial charge on any atom is -0.314 e. The number of rotatable bonds is 6. The topological polar surface area (TPSA) is 24.1 Å². The molecular formula is C22H42N2. The van der Waals surface area contributed by atoms with Gasteiger partial charge in [-0.05, 0) is 114 Å². The Morgan fingerprint density at radius 3 is 1.17 bits per heavy atom. The molecule has 3 aliphatic rings. The van der Waals surface area contributed by atoms with Crippen molar-refractivity contribution >= 4 is 0 Å². The molecule has 3 rings (SSSR count). The van der Waals surface area contributed by atoms with Crippen LogP contribution in [0, 0.1) is 23.7 Å². The van der Waals surface area contributed by atoms with E-state index in [1.807, 2.05) is 0 Å². The summed E-state index contributed by atoms with van der Waals surface area (Å²) in [6.45, 7) is 7.41. The van der Waals surface area contributed by atoms with Gasteiger partial charge >= 0.3 is 0 Å². The van der Waals surface area contributed by atoms with Crippen molar-refractivity contribution in [3.63, 3.8) is 0 Å². The second-order valence-corrected chi connectivity index (χ2v) is 9.62. The van der Waals surface area contributed by atoms with Crippen molar-refractivity contribution in [2.75, 3.05) is 13.1 Å². The molecule has 24 heavy (non-hydrogen) atoms. The van der Waals surface area contributed by atoms with E-state index in [0.29, 0.717) is 0 Å². The third kappa shape index (κ3) is 6.02. The lowest BCUT2D eigenvalue weighted by molar-refractivity contribution is 0.226. The Hall–Kier alpha value is -0.0800. The summed E-state index contributed by atoms with van der Waals surface area (Å²) in [6.07, 6.45) is 17.3. The molecule has 0 amide bonds. The fourth-order valence-electron chi connectivity index (χ4n) is 5.23. The Balaban J connectivity index is 1.24. The van der Waals surface area contributed by atoms with E-state index >= 15 is 0 Å². The molecule has 0 aromatic heterocycles. The first-order chi connectivity index (χ1) is 11.7. The van der Waals surface area contributed by atoms with Crippen LogP contribution in [-0.2, 0) is 0 Å². The molecule has 2 nitrogen and oxygen atoms in total. The van der Waals surface area contributed by atoms with Crippen LogP contribution in [0.4, 0.5) is 0 Å². The monoisotopic (exact) mass is 334 g/mol. The van der Waals surface area contributed by atoms with Crippen LogP contribution in [0.15, 0.2) is 0 Å². The Bertz CT molecular complexity index is 298. The third-order valence-electron chi connectivity index (χ3n) is 7.39. The van der Waals surface area contributed by atoms with Crippen molar-refractivity contribution in [1.29, 1.82) is 0 Å².